The van der Waals surface area contributed by atoms with E-state index >= 15 is 0 Å². The Kier molecular flexibility index (Phi) is 7.96. The predicted molar refractivity (Wildman–Crippen MR) is 150 cm³/mol. The summed E-state index contributed by atoms with van der Waals surface area (Å²) in [6.45, 7) is 0.613. The SMILES string of the molecule is O=C(CC1CC(F)(F)C1)N[C@@H](c1cnn2cc([C@@H](NC(=O)c3nonc3CN3CC(F)C3)C3CCC(F)(F)CC3)nc2c1)C1CC1. The van der Waals surface area contributed by atoms with Crippen LogP contribution in [-0.4, -0.2) is 72.7 Å². The standard InChI is InChI=1S/C30H35F5N8O3/c31-20-12-42(13-20)14-22-27(41-46-40-22)28(45)39-26(18-3-5-29(32,33)6-4-18)21-15-43-23(37-21)8-19(11-36-43)25(17-1-2-17)38-24(44)7-16-9-30(34,35)10-16/h8,11,15-18,20,25-26H,1-7,9-10,12-14H2,(H,38,44)(H,39,45)/t25-,26+/m1/s1. The summed E-state index contributed by atoms with van der Waals surface area (Å²) in [5.41, 5.74) is 1.77. The first-order valence-electron chi connectivity index (χ1n) is 15.8. The van der Waals surface area contributed by atoms with Crippen molar-refractivity contribution in [3.63, 3.8) is 0 Å². The highest BCUT2D eigenvalue weighted by molar-refractivity contribution is 5.93. The summed E-state index contributed by atoms with van der Waals surface area (Å²) in [5.74, 6) is -6.85. The number of imidazole rings is 1. The number of hydrogen-bond donors (Lipinski definition) is 2. The average molecular weight is 651 g/mol. The van der Waals surface area contributed by atoms with Gasteiger partial charge in [0.25, 0.3) is 5.91 Å². The molecule has 0 spiro atoms. The van der Waals surface area contributed by atoms with Crippen molar-refractivity contribution in [3.05, 3.63) is 41.1 Å². The number of hydrogen-bond acceptors (Lipinski definition) is 8. The van der Waals surface area contributed by atoms with Crippen LogP contribution in [0.2, 0.25) is 0 Å². The van der Waals surface area contributed by atoms with E-state index in [1.807, 2.05) is 0 Å². The van der Waals surface area contributed by atoms with Gasteiger partial charge in [-0.05, 0) is 60.2 Å². The second-order valence-electron chi connectivity index (χ2n) is 13.5. The third-order valence-electron chi connectivity index (χ3n) is 9.67. The Morgan fingerprint density at radius 3 is 2.37 bits per heavy atom. The Hall–Kier alpha value is -3.69. The van der Waals surface area contributed by atoms with Crippen LogP contribution < -0.4 is 10.6 Å². The van der Waals surface area contributed by atoms with Crippen LogP contribution >= 0.6 is 0 Å². The number of fused-ring (bicyclic) bond motifs is 1. The molecule has 3 saturated carbocycles. The van der Waals surface area contributed by atoms with E-state index in [-0.39, 0.29) is 106 Å². The highest BCUT2D eigenvalue weighted by atomic mass is 19.3. The zero-order valence-corrected chi connectivity index (χ0v) is 25.0. The zero-order valence-electron chi connectivity index (χ0n) is 25.0. The number of amides is 2. The summed E-state index contributed by atoms with van der Waals surface area (Å²) >= 11 is 0. The first-order chi connectivity index (χ1) is 21.9. The number of likely N-dealkylation sites (tertiary alicyclic amines) is 1. The van der Waals surface area contributed by atoms with Crippen molar-refractivity contribution in [1.82, 2.24) is 40.4 Å². The van der Waals surface area contributed by atoms with Gasteiger partial charge >= 0.3 is 0 Å². The minimum absolute atomic E-state index is 0.0426. The van der Waals surface area contributed by atoms with Crippen LogP contribution in [0.4, 0.5) is 22.0 Å². The lowest BCUT2D eigenvalue weighted by atomic mass is 9.79. The molecule has 4 aliphatic rings. The summed E-state index contributed by atoms with van der Waals surface area (Å²) < 4.78 is 74.4. The summed E-state index contributed by atoms with van der Waals surface area (Å²) in [5, 5.41) is 18.0. The van der Waals surface area contributed by atoms with Crippen LogP contribution in [0, 0.1) is 17.8 Å². The van der Waals surface area contributed by atoms with Crippen LogP contribution in [0.25, 0.3) is 5.65 Å². The molecule has 4 heterocycles. The molecule has 0 aromatic carbocycles. The van der Waals surface area contributed by atoms with Crippen molar-refractivity contribution in [2.24, 2.45) is 17.8 Å². The van der Waals surface area contributed by atoms with Crippen molar-refractivity contribution in [3.8, 4) is 0 Å². The lowest BCUT2D eigenvalue weighted by Gasteiger charge is -2.34. The van der Waals surface area contributed by atoms with Gasteiger partial charge in [0.15, 0.2) is 11.3 Å². The van der Waals surface area contributed by atoms with Gasteiger partial charge in [-0.25, -0.2) is 36.1 Å². The number of aromatic nitrogens is 5. The molecule has 0 radical (unpaired) electrons. The Bertz CT molecular complexity index is 1590. The largest absolute Gasteiger partial charge is 0.349 e. The van der Waals surface area contributed by atoms with E-state index in [2.05, 4.69) is 26.0 Å². The predicted octanol–water partition coefficient (Wildman–Crippen LogP) is 4.57. The number of carbonyl (C=O) groups is 2. The number of halogens is 5. The van der Waals surface area contributed by atoms with Crippen LogP contribution in [0.1, 0.15) is 97.3 Å². The Morgan fingerprint density at radius 1 is 0.978 bits per heavy atom. The fourth-order valence-corrected chi connectivity index (χ4v) is 6.93. The van der Waals surface area contributed by atoms with E-state index in [4.69, 9.17) is 9.61 Å². The fourth-order valence-electron chi connectivity index (χ4n) is 6.93. The fraction of sp³-hybridized carbons (Fsp3) is 0.667. The second kappa shape index (κ2) is 11.8. The molecular weight excluding hydrogens is 615 g/mol. The Morgan fingerprint density at radius 2 is 1.70 bits per heavy atom. The Balaban J connectivity index is 1.10. The van der Waals surface area contributed by atoms with E-state index in [1.165, 1.54) is 4.52 Å². The van der Waals surface area contributed by atoms with Crippen molar-refractivity contribution >= 4 is 17.5 Å². The molecule has 11 nitrogen and oxygen atoms in total. The highest BCUT2D eigenvalue weighted by Gasteiger charge is 2.46. The van der Waals surface area contributed by atoms with Gasteiger partial charge in [0.1, 0.15) is 11.9 Å². The molecule has 16 heteroatoms. The smallest absolute Gasteiger partial charge is 0.276 e. The van der Waals surface area contributed by atoms with Crippen LogP contribution in [-0.2, 0) is 11.3 Å². The van der Waals surface area contributed by atoms with E-state index in [9.17, 15) is 31.5 Å². The molecule has 2 amide bonds. The maximum atomic E-state index is 14.1. The normalized spacial score (nSPS) is 23.4. The third-order valence-corrected chi connectivity index (χ3v) is 9.67. The molecule has 2 atom stereocenters. The molecule has 7 rings (SSSR count). The van der Waals surface area contributed by atoms with Gasteiger partial charge < -0.3 is 10.6 Å². The van der Waals surface area contributed by atoms with Crippen molar-refractivity contribution in [2.75, 3.05) is 13.1 Å². The molecule has 3 aromatic rings. The van der Waals surface area contributed by atoms with Gasteiger partial charge in [-0.1, -0.05) is 5.16 Å². The van der Waals surface area contributed by atoms with E-state index in [0.29, 0.717) is 11.3 Å². The number of carbonyl (C=O) groups excluding carboxylic acids is 2. The number of rotatable bonds is 11. The van der Waals surface area contributed by atoms with Crippen LogP contribution in [0.15, 0.2) is 23.1 Å². The van der Waals surface area contributed by atoms with Crippen molar-refractivity contribution in [1.29, 1.82) is 0 Å². The van der Waals surface area contributed by atoms with E-state index in [1.54, 1.807) is 23.4 Å². The molecule has 1 aliphatic heterocycles. The first-order valence-corrected chi connectivity index (χ1v) is 15.8. The van der Waals surface area contributed by atoms with Gasteiger partial charge in [0.2, 0.25) is 17.8 Å². The van der Waals surface area contributed by atoms with Gasteiger partial charge in [-0.2, -0.15) is 5.10 Å². The van der Waals surface area contributed by atoms with E-state index in [0.717, 1.165) is 18.4 Å². The van der Waals surface area contributed by atoms with Gasteiger partial charge in [0, 0.05) is 51.7 Å². The zero-order chi connectivity index (χ0) is 32.2. The second-order valence-corrected chi connectivity index (χ2v) is 13.5. The van der Waals surface area contributed by atoms with Gasteiger partial charge in [-0.3, -0.25) is 14.5 Å². The molecule has 3 aliphatic carbocycles. The average Bonchev–Trinajstić information content (AvgIpc) is 3.55. The van der Waals surface area contributed by atoms with Crippen LogP contribution in [0.3, 0.4) is 0 Å². The summed E-state index contributed by atoms with van der Waals surface area (Å²) in [6, 6.07) is 0.687. The lowest BCUT2D eigenvalue weighted by Crippen LogP contribution is -2.47. The van der Waals surface area contributed by atoms with Gasteiger partial charge in [0.05, 0.1) is 30.2 Å². The van der Waals surface area contributed by atoms with E-state index < -0.39 is 30.0 Å². The molecule has 1 saturated heterocycles. The van der Waals surface area contributed by atoms with Gasteiger partial charge in [-0.15, -0.1) is 0 Å². The molecular formula is C30H35F5N8O3. The number of nitrogens with one attached hydrogen (secondary N) is 2. The number of alkyl halides is 5. The molecule has 248 valence electrons. The molecule has 46 heavy (non-hydrogen) atoms. The lowest BCUT2D eigenvalue weighted by molar-refractivity contribution is -0.134. The third kappa shape index (κ3) is 6.72. The topological polar surface area (TPSA) is 131 Å². The number of nitrogens with zero attached hydrogens (tertiary/aromatic N) is 6. The quantitative estimate of drug-likeness (QED) is 0.289. The molecule has 0 unspecified atom stereocenters. The summed E-state index contributed by atoms with van der Waals surface area (Å²) in [6.07, 6.45) is 3.30. The molecule has 3 aromatic heterocycles. The van der Waals surface area contributed by atoms with Crippen molar-refractivity contribution in [2.45, 2.75) is 94.4 Å². The van der Waals surface area contributed by atoms with Crippen LogP contribution in [0.5, 0.6) is 0 Å². The summed E-state index contributed by atoms with van der Waals surface area (Å²) in [7, 11) is 0. The maximum absolute atomic E-state index is 14.1. The minimum Gasteiger partial charge on any atom is -0.349 e. The van der Waals surface area contributed by atoms with Crippen molar-refractivity contribution < 1.29 is 36.2 Å². The molecule has 0 bridgehead atoms. The monoisotopic (exact) mass is 650 g/mol. The summed E-state index contributed by atoms with van der Waals surface area (Å²) in [4.78, 5) is 32.7. The first kappa shape index (κ1) is 30.9. The maximum Gasteiger partial charge on any atom is 0.276 e. The highest BCUT2D eigenvalue weighted by Crippen LogP contribution is 2.45. The minimum atomic E-state index is -2.78. The Labute approximate surface area is 260 Å². The molecule has 4 fully saturated rings. The molecule has 2 N–H and O–H groups in total.